The molecule has 1 aromatic heterocycles. The van der Waals surface area contributed by atoms with Gasteiger partial charge in [0, 0.05) is 18.9 Å². The summed E-state index contributed by atoms with van der Waals surface area (Å²) in [5.41, 5.74) is -0.145. The van der Waals surface area contributed by atoms with Crippen molar-refractivity contribution < 1.29 is 0 Å². The zero-order valence-corrected chi connectivity index (χ0v) is 7.36. The standard InChI is InChI=1S/C9H14N2O/c1-2-3-4-7-11-8-5-6-10-9(11)12/h5-6,8H,2-4,7H2,1H3. The molecule has 0 amide bonds. The van der Waals surface area contributed by atoms with E-state index in [1.807, 2.05) is 0 Å². The van der Waals surface area contributed by atoms with E-state index < -0.39 is 0 Å². The molecule has 0 unspecified atom stereocenters. The minimum absolute atomic E-state index is 0.145. The summed E-state index contributed by atoms with van der Waals surface area (Å²) in [6, 6.07) is 1.79. The molecule has 0 aromatic carbocycles. The summed E-state index contributed by atoms with van der Waals surface area (Å²) < 4.78 is 1.65. The summed E-state index contributed by atoms with van der Waals surface area (Å²) in [5.74, 6) is 0. The van der Waals surface area contributed by atoms with Gasteiger partial charge in [0.15, 0.2) is 0 Å². The molecule has 0 spiro atoms. The van der Waals surface area contributed by atoms with Crippen molar-refractivity contribution in [3.8, 4) is 0 Å². The molecule has 0 aliphatic carbocycles. The largest absolute Gasteiger partial charge is 0.347 e. The van der Waals surface area contributed by atoms with Crippen molar-refractivity contribution in [2.75, 3.05) is 0 Å². The van der Waals surface area contributed by atoms with Gasteiger partial charge in [-0.3, -0.25) is 4.57 Å². The second kappa shape index (κ2) is 4.70. The summed E-state index contributed by atoms with van der Waals surface area (Å²) in [7, 11) is 0. The van der Waals surface area contributed by atoms with Gasteiger partial charge >= 0.3 is 5.69 Å². The highest BCUT2D eigenvalue weighted by Crippen LogP contribution is 1.95. The van der Waals surface area contributed by atoms with Crippen molar-refractivity contribution in [2.24, 2.45) is 0 Å². The fourth-order valence-corrected chi connectivity index (χ4v) is 1.09. The van der Waals surface area contributed by atoms with Crippen LogP contribution in [0.1, 0.15) is 26.2 Å². The van der Waals surface area contributed by atoms with Crippen LogP contribution in [-0.2, 0) is 6.54 Å². The number of aryl methyl sites for hydroxylation is 1. The van der Waals surface area contributed by atoms with Crippen molar-refractivity contribution >= 4 is 0 Å². The Morgan fingerprint density at radius 1 is 1.50 bits per heavy atom. The summed E-state index contributed by atoms with van der Waals surface area (Å²) in [6.07, 6.45) is 6.71. The predicted molar refractivity (Wildman–Crippen MR) is 48.0 cm³/mol. The Hall–Kier alpha value is -1.12. The van der Waals surface area contributed by atoms with Crippen LogP contribution in [0.5, 0.6) is 0 Å². The number of hydrogen-bond acceptors (Lipinski definition) is 2. The summed E-state index contributed by atoms with van der Waals surface area (Å²) in [6.45, 7) is 2.94. The molecule has 0 bridgehead atoms. The van der Waals surface area contributed by atoms with Gasteiger partial charge in [0.25, 0.3) is 0 Å². The van der Waals surface area contributed by atoms with Gasteiger partial charge in [0.05, 0.1) is 0 Å². The fourth-order valence-electron chi connectivity index (χ4n) is 1.09. The lowest BCUT2D eigenvalue weighted by Gasteiger charge is -2.01. The van der Waals surface area contributed by atoms with Crippen molar-refractivity contribution in [1.82, 2.24) is 9.55 Å². The van der Waals surface area contributed by atoms with E-state index in [4.69, 9.17) is 0 Å². The second-order valence-corrected chi connectivity index (χ2v) is 2.80. The Labute approximate surface area is 72.1 Å². The first-order valence-electron chi connectivity index (χ1n) is 4.36. The summed E-state index contributed by atoms with van der Waals surface area (Å²) >= 11 is 0. The van der Waals surface area contributed by atoms with Crippen LogP contribution in [0.2, 0.25) is 0 Å². The monoisotopic (exact) mass is 166 g/mol. The fraction of sp³-hybridized carbons (Fsp3) is 0.556. The van der Waals surface area contributed by atoms with Crippen LogP contribution in [0.4, 0.5) is 0 Å². The van der Waals surface area contributed by atoms with E-state index in [1.54, 1.807) is 16.8 Å². The molecule has 0 radical (unpaired) electrons. The van der Waals surface area contributed by atoms with Gasteiger partial charge in [-0.15, -0.1) is 0 Å². The van der Waals surface area contributed by atoms with Gasteiger partial charge in [-0.1, -0.05) is 19.8 Å². The van der Waals surface area contributed by atoms with Gasteiger partial charge < -0.3 is 0 Å². The SMILES string of the molecule is CCCCCn1cccnc1=O. The molecule has 3 nitrogen and oxygen atoms in total. The third-order valence-electron chi connectivity index (χ3n) is 1.79. The van der Waals surface area contributed by atoms with E-state index in [9.17, 15) is 4.79 Å². The van der Waals surface area contributed by atoms with Crippen LogP contribution >= 0.6 is 0 Å². The van der Waals surface area contributed by atoms with Gasteiger partial charge in [-0.2, -0.15) is 0 Å². The molecule has 12 heavy (non-hydrogen) atoms. The average Bonchev–Trinajstić information content (AvgIpc) is 2.09. The van der Waals surface area contributed by atoms with Gasteiger partial charge in [-0.25, -0.2) is 9.78 Å². The molecule has 1 heterocycles. The third kappa shape index (κ3) is 2.49. The van der Waals surface area contributed by atoms with Crippen LogP contribution in [0.15, 0.2) is 23.3 Å². The smallest absolute Gasteiger partial charge is 0.299 e. The van der Waals surface area contributed by atoms with E-state index in [2.05, 4.69) is 11.9 Å². The molecule has 1 rings (SSSR count). The molecular weight excluding hydrogens is 152 g/mol. The maximum absolute atomic E-state index is 11.1. The van der Waals surface area contributed by atoms with Crippen LogP contribution < -0.4 is 5.69 Å². The maximum Gasteiger partial charge on any atom is 0.347 e. The average molecular weight is 166 g/mol. The third-order valence-corrected chi connectivity index (χ3v) is 1.79. The summed E-state index contributed by atoms with van der Waals surface area (Å²) in [4.78, 5) is 14.7. The first-order chi connectivity index (χ1) is 5.84. The van der Waals surface area contributed by atoms with E-state index in [1.165, 1.54) is 19.0 Å². The lowest BCUT2D eigenvalue weighted by atomic mass is 10.2. The Bertz CT molecular complexity index is 280. The lowest BCUT2D eigenvalue weighted by molar-refractivity contribution is 0.577. The van der Waals surface area contributed by atoms with Crippen LogP contribution in [0, 0.1) is 0 Å². The molecule has 0 saturated heterocycles. The van der Waals surface area contributed by atoms with E-state index in [0.717, 1.165) is 13.0 Å². The highest BCUT2D eigenvalue weighted by Gasteiger charge is 1.92. The zero-order valence-electron chi connectivity index (χ0n) is 7.36. The molecule has 0 saturated carbocycles. The Balaban J connectivity index is 2.52. The second-order valence-electron chi connectivity index (χ2n) is 2.80. The van der Waals surface area contributed by atoms with Gasteiger partial charge in [0.2, 0.25) is 0 Å². The highest BCUT2D eigenvalue weighted by molar-refractivity contribution is 4.80. The molecule has 0 aliphatic rings. The molecule has 3 heteroatoms. The molecule has 0 N–H and O–H groups in total. The van der Waals surface area contributed by atoms with E-state index in [-0.39, 0.29) is 5.69 Å². The first-order valence-corrected chi connectivity index (χ1v) is 4.36. The van der Waals surface area contributed by atoms with Crippen molar-refractivity contribution in [1.29, 1.82) is 0 Å². The molecule has 0 atom stereocenters. The minimum atomic E-state index is -0.145. The van der Waals surface area contributed by atoms with Crippen molar-refractivity contribution in [3.63, 3.8) is 0 Å². The Morgan fingerprint density at radius 3 is 3.00 bits per heavy atom. The Kier molecular flexibility index (Phi) is 3.51. The van der Waals surface area contributed by atoms with Gasteiger partial charge in [0.1, 0.15) is 0 Å². The molecule has 0 aliphatic heterocycles. The van der Waals surface area contributed by atoms with Crippen LogP contribution in [0.3, 0.4) is 0 Å². The lowest BCUT2D eigenvalue weighted by Crippen LogP contribution is -2.21. The highest BCUT2D eigenvalue weighted by atomic mass is 16.1. The molecule has 0 fully saturated rings. The summed E-state index contributed by atoms with van der Waals surface area (Å²) in [5, 5.41) is 0. The normalized spacial score (nSPS) is 10.1. The zero-order chi connectivity index (χ0) is 8.81. The first kappa shape index (κ1) is 8.97. The molecule has 66 valence electrons. The number of aromatic nitrogens is 2. The number of hydrogen-bond donors (Lipinski definition) is 0. The van der Waals surface area contributed by atoms with E-state index >= 15 is 0 Å². The van der Waals surface area contributed by atoms with Crippen LogP contribution in [0.25, 0.3) is 0 Å². The molecule has 1 aromatic rings. The topological polar surface area (TPSA) is 34.9 Å². The van der Waals surface area contributed by atoms with Gasteiger partial charge in [-0.05, 0) is 12.5 Å². The number of nitrogens with zero attached hydrogens (tertiary/aromatic N) is 2. The van der Waals surface area contributed by atoms with Crippen molar-refractivity contribution in [2.45, 2.75) is 32.7 Å². The predicted octanol–water partition coefficient (Wildman–Crippen LogP) is 1.43. The number of rotatable bonds is 4. The molecular formula is C9H14N2O. The minimum Gasteiger partial charge on any atom is -0.299 e. The van der Waals surface area contributed by atoms with Crippen LogP contribution in [-0.4, -0.2) is 9.55 Å². The Morgan fingerprint density at radius 2 is 2.33 bits per heavy atom. The van der Waals surface area contributed by atoms with Crippen molar-refractivity contribution in [3.05, 3.63) is 28.9 Å². The van der Waals surface area contributed by atoms with E-state index in [0.29, 0.717) is 0 Å². The quantitative estimate of drug-likeness (QED) is 0.634. The maximum atomic E-state index is 11.1. The number of unbranched alkanes of at least 4 members (excludes halogenated alkanes) is 2.